The van der Waals surface area contributed by atoms with Gasteiger partial charge in [-0.15, -0.1) is 0 Å². The Morgan fingerprint density at radius 1 is 1.53 bits per heavy atom. The highest BCUT2D eigenvalue weighted by Crippen LogP contribution is 2.13. The largest absolute Gasteiger partial charge is 0.353 e. The van der Waals surface area contributed by atoms with Crippen LogP contribution in [-0.4, -0.2) is 24.1 Å². The van der Waals surface area contributed by atoms with Gasteiger partial charge in [0.1, 0.15) is 0 Å². The van der Waals surface area contributed by atoms with Crippen LogP contribution < -0.4 is 5.56 Å². The van der Waals surface area contributed by atoms with Crippen LogP contribution in [0.2, 0.25) is 0 Å². The van der Waals surface area contributed by atoms with Gasteiger partial charge in [-0.1, -0.05) is 0 Å². The van der Waals surface area contributed by atoms with Crippen molar-refractivity contribution < 1.29 is 9.47 Å². The second kappa shape index (κ2) is 5.98. The molecule has 1 atom stereocenters. The van der Waals surface area contributed by atoms with Gasteiger partial charge in [0.2, 0.25) is 0 Å². The summed E-state index contributed by atoms with van der Waals surface area (Å²) in [5.41, 5.74) is 1.01. The van der Waals surface area contributed by atoms with Crippen LogP contribution in [0.4, 0.5) is 0 Å². The Balaban J connectivity index is 1.79. The van der Waals surface area contributed by atoms with Crippen LogP contribution in [0.25, 0.3) is 0 Å². The molecule has 0 radical (unpaired) electrons. The van der Waals surface area contributed by atoms with E-state index < -0.39 is 0 Å². The van der Waals surface area contributed by atoms with Gasteiger partial charge in [0.25, 0.3) is 5.56 Å². The summed E-state index contributed by atoms with van der Waals surface area (Å²) in [4.78, 5) is 11.6. The molecule has 2 rings (SSSR count). The van der Waals surface area contributed by atoms with Gasteiger partial charge in [-0.05, 0) is 37.8 Å². The summed E-state index contributed by atoms with van der Waals surface area (Å²) in [6.07, 6.45) is 4.97. The SMILES string of the molecule is Cc1ccn(CCOC2CCCCO2)c(=O)c1. The molecule has 0 bridgehead atoms. The molecular weight excluding hydrogens is 218 g/mol. The summed E-state index contributed by atoms with van der Waals surface area (Å²) in [6.45, 7) is 3.81. The van der Waals surface area contributed by atoms with E-state index in [2.05, 4.69) is 0 Å². The van der Waals surface area contributed by atoms with Crippen LogP contribution in [0, 0.1) is 6.92 Å². The molecule has 0 aromatic carbocycles. The van der Waals surface area contributed by atoms with Crippen LogP contribution in [0.3, 0.4) is 0 Å². The molecule has 1 fully saturated rings. The van der Waals surface area contributed by atoms with Gasteiger partial charge in [0.05, 0.1) is 6.61 Å². The fourth-order valence-corrected chi connectivity index (χ4v) is 1.92. The van der Waals surface area contributed by atoms with Crippen molar-refractivity contribution in [3.63, 3.8) is 0 Å². The lowest BCUT2D eigenvalue weighted by Crippen LogP contribution is -2.26. The van der Waals surface area contributed by atoms with Gasteiger partial charge in [0.15, 0.2) is 6.29 Å². The molecule has 94 valence electrons. The first-order valence-corrected chi connectivity index (χ1v) is 6.16. The molecule has 1 aromatic heterocycles. The number of nitrogens with zero attached hydrogens (tertiary/aromatic N) is 1. The minimum absolute atomic E-state index is 0.0261. The van der Waals surface area contributed by atoms with E-state index in [0.717, 1.165) is 31.4 Å². The predicted molar refractivity (Wildman–Crippen MR) is 65.0 cm³/mol. The van der Waals surface area contributed by atoms with Crippen molar-refractivity contribution >= 4 is 0 Å². The first-order valence-electron chi connectivity index (χ1n) is 6.16. The van der Waals surface area contributed by atoms with Crippen molar-refractivity contribution in [3.8, 4) is 0 Å². The fourth-order valence-electron chi connectivity index (χ4n) is 1.92. The first-order chi connectivity index (χ1) is 8.25. The average Bonchev–Trinajstić information content (AvgIpc) is 2.33. The third-order valence-corrected chi connectivity index (χ3v) is 2.93. The van der Waals surface area contributed by atoms with Gasteiger partial charge in [-0.25, -0.2) is 0 Å². The summed E-state index contributed by atoms with van der Waals surface area (Å²) < 4.78 is 12.7. The number of aromatic nitrogens is 1. The highest BCUT2D eigenvalue weighted by molar-refractivity contribution is 5.07. The molecule has 0 aliphatic carbocycles. The zero-order valence-electron chi connectivity index (χ0n) is 10.2. The van der Waals surface area contributed by atoms with Crippen LogP contribution in [-0.2, 0) is 16.0 Å². The summed E-state index contributed by atoms with van der Waals surface area (Å²) in [7, 11) is 0. The van der Waals surface area contributed by atoms with Crippen molar-refractivity contribution in [2.75, 3.05) is 13.2 Å². The Bertz CT molecular complexity index is 407. The normalized spacial score (nSPS) is 20.4. The number of pyridine rings is 1. The molecular formula is C13H19NO3. The van der Waals surface area contributed by atoms with Crippen LogP contribution >= 0.6 is 0 Å². The third kappa shape index (κ3) is 3.68. The topological polar surface area (TPSA) is 40.5 Å². The number of hydrogen-bond acceptors (Lipinski definition) is 3. The van der Waals surface area contributed by atoms with E-state index in [4.69, 9.17) is 9.47 Å². The van der Waals surface area contributed by atoms with E-state index in [1.165, 1.54) is 0 Å². The molecule has 17 heavy (non-hydrogen) atoms. The lowest BCUT2D eigenvalue weighted by molar-refractivity contribution is -0.163. The highest BCUT2D eigenvalue weighted by atomic mass is 16.7. The monoisotopic (exact) mass is 237 g/mol. The molecule has 1 aliphatic rings. The van der Waals surface area contributed by atoms with Crippen LogP contribution in [0.1, 0.15) is 24.8 Å². The van der Waals surface area contributed by atoms with E-state index in [9.17, 15) is 4.79 Å². The molecule has 0 saturated carbocycles. The zero-order chi connectivity index (χ0) is 12.1. The minimum atomic E-state index is -0.0788. The van der Waals surface area contributed by atoms with E-state index in [-0.39, 0.29) is 11.8 Å². The molecule has 0 amide bonds. The summed E-state index contributed by atoms with van der Waals surface area (Å²) >= 11 is 0. The number of ether oxygens (including phenoxy) is 2. The van der Waals surface area contributed by atoms with Gasteiger partial charge < -0.3 is 14.0 Å². The molecule has 4 nitrogen and oxygen atoms in total. The van der Waals surface area contributed by atoms with Crippen molar-refractivity contribution in [2.24, 2.45) is 0 Å². The molecule has 1 saturated heterocycles. The Morgan fingerprint density at radius 3 is 3.12 bits per heavy atom. The lowest BCUT2D eigenvalue weighted by atomic mass is 10.2. The predicted octanol–water partition coefficient (Wildman–Crippen LogP) is 1.70. The van der Waals surface area contributed by atoms with E-state index in [1.54, 1.807) is 10.6 Å². The molecule has 0 spiro atoms. The van der Waals surface area contributed by atoms with Crippen molar-refractivity contribution in [2.45, 2.75) is 39.0 Å². The molecule has 1 aliphatic heterocycles. The summed E-state index contributed by atoms with van der Waals surface area (Å²) in [6, 6.07) is 3.57. The molecule has 4 heteroatoms. The highest BCUT2D eigenvalue weighted by Gasteiger charge is 2.13. The van der Waals surface area contributed by atoms with Gasteiger partial charge in [0, 0.05) is 25.4 Å². The van der Waals surface area contributed by atoms with Gasteiger partial charge in [-0.3, -0.25) is 4.79 Å². The second-order valence-corrected chi connectivity index (χ2v) is 4.40. The molecule has 2 heterocycles. The van der Waals surface area contributed by atoms with Crippen LogP contribution in [0.15, 0.2) is 23.1 Å². The first kappa shape index (κ1) is 12.3. The van der Waals surface area contributed by atoms with Crippen LogP contribution in [0.5, 0.6) is 0 Å². The van der Waals surface area contributed by atoms with E-state index in [1.807, 2.05) is 19.2 Å². The van der Waals surface area contributed by atoms with Gasteiger partial charge >= 0.3 is 0 Å². The lowest BCUT2D eigenvalue weighted by Gasteiger charge is -2.22. The third-order valence-electron chi connectivity index (χ3n) is 2.93. The van der Waals surface area contributed by atoms with E-state index in [0.29, 0.717) is 13.2 Å². The number of aryl methyl sites for hydroxylation is 1. The maximum atomic E-state index is 11.6. The molecule has 1 unspecified atom stereocenters. The summed E-state index contributed by atoms with van der Waals surface area (Å²) in [5, 5.41) is 0. The quantitative estimate of drug-likeness (QED) is 0.800. The Morgan fingerprint density at radius 2 is 2.41 bits per heavy atom. The molecule has 0 N–H and O–H groups in total. The van der Waals surface area contributed by atoms with Gasteiger partial charge in [-0.2, -0.15) is 0 Å². The fraction of sp³-hybridized carbons (Fsp3) is 0.615. The van der Waals surface area contributed by atoms with Crippen molar-refractivity contribution in [1.29, 1.82) is 0 Å². The minimum Gasteiger partial charge on any atom is -0.353 e. The maximum Gasteiger partial charge on any atom is 0.250 e. The molecule has 1 aromatic rings. The Labute approximate surface area is 101 Å². The van der Waals surface area contributed by atoms with Crippen molar-refractivity contribution in [3.05, 3.63) is 34.2 Å². The van der Waals surface area contributed by atoms with Crippen molar-refractivity contribution in [1.82, 2.24) is 4.57 Å². The zero-order valence-corrected chi connectivity index (χ0v) is 10.2. The second-order valence-electron chi connectivity index (χ2n) is 4.40. The maximum absolute atomic E-state index is 11.6. The van der Waals surface area contributed by atoms with E-state index >= 15 is 0 Å². The Kier molecular flexibility index (Phi) is 4.34. The smallest absolute Gasteiger partial charge is 0.250 e. The standard InChI is InChI=1S/C13H19NO3/c1-11-5-6-14(12(15)10-11)7-9-17-13-4-2-3-8-16-13/h5-6,10,13H,2-4,7-9H2,1H3. The average molecular weight is 237 g/mol. The Hall–Kier alpha value is -1.13. The number of rotatable bonds is 4. The number of hydrogen-bond donors (Lipinski definition) is 0. The summed E-state index contributed by atoms with van der Waals surface area (Å²) in [5.74, 6) is 0.